The minimum absolute atomic E-state index is 0.638. The fourth-order valence-electron chi connectivity index (χ4n) is 1.23. The van der Waals surface area contributed by atoms with Crippen LogP contribution in [-0.2, 0) is 5.32 Å². The molecule has 0 aliphatic heterocycles. The molecular formula is C10H13Se. The molecule has 0 amide bonds. The Kier molecular flexibility index (Phi) is 3.16. The van der Waals surface area contributed by atoms with E-state index in [-0.39, 0.29) is 0 Å². The summed E-state index contributed by atoms with van der Waals surface area (Å²) in [7, 11) is 0. The molecule has 0 nitrogen and oxygen atoms in total. The molecule has 0 unspecified atom stereocenters. The van der Waals surface area contributed by atoms with Crippen molar-refractivity contribution in [3.05, 3.63) is 35.4 Å². The van der Waals surface area contributed by atoms with Crippen LogP contribution in [0.3, 0.4) is 0 Å². The van der Waals surface area contributed by atoms with E-state index in [2.05, 4.69) is 54.1 Å². The van der Waals surface area contributed by atoms with Gasteiger partial charge in [0.2, 0.25) is 0 Å². The molecule has 59 valence electrons. The second-order valence-corrected chi connectivity index (χ2v) is 3.60. The molecule has 1 radical (unpaired) electrons. The van der Waals surface area contributed by atoms with Crippen molar-refractivity contribution in [1.82, 2.24) is 0 Å². The molecule has 11 heavy (non-hydrogen) atoms. The van der Waals surface area contributed by atoms with Crippen LogP contribution in [-0.4, -0.2) is 16.0 Å². The molecule has 0 heterocycles. The molecule has 0 atom stereocenters. The van der Waals surface area contributed by atoms with Gasteiger partial charge in [0, 0.05) is 0 Å². The third-order valence-corrected chi connectivity index (χ3v) is 2.49. The molecule has 1 rings (SSSR count). The van der Waals surface area contributed by atoms with Crippen molar-refractivity contribution in [2.45, 2.75) is 25.1 Å². The van der Waals surface area contributed by atoms with Gasteiger partial charge in [-0.3, -0.25) is 0 Å². The van der Waals surface area contributed by atoms with Crippen molar-refractivity contribution < 1.29 is 0 Å². The Labute approximate surface area is 76.8 Å². The summed E-state index contributed by atoms with van der Waals surface area (Å²) in [5, 5.41) is 1.02. The van der Waals surface area contributed by atoms with Gasteiger partial charge in [-0.15, -0.1) is 0 Å². The molecule has 0 spiro atoms. The summed E-state index contributed by atoms with van der Waals surface area (Å²) in [5.74, 6) is 0.638. The molecule has 0 fully saturated rings. The van der Waals surface area contributed by atoms with Crippen LogP contribution in [0.2, 0.25) is 0 Å². The Balaban J connectivity index is 3.02. The summed E-state index contributed by atoms with van der Waals surface area (Å²) in [5.41, 5.74) is 2.90. The van der Waals surface area contributed by atoms with E-state index in [0.29, 0.717) is 5.92 Å². The molecule has 0 saturated heterocycles. The summed E-state index contributed by atoms with van der Waals surface area (Å²) < 4.78 is 0. The van der Waals surface area contributed by atoms with E-state index in [9.17, 15) is 0 Å². The summed E-state index contributed by atoms with van der Waals surface area (Å²) >= 11 is 3.05. The van der Waals surface area contributed by atoms with Crippen molar-refractivity contribution in [2.75, 3.05) is 0 Å². The van der Waals surface area contributed by atoms with Gasteiger partial charge in [0.1, 0.15) is 0 Å². The average Bonchev–Trinajstić information content (AvgIpc) is 2.04. The monoisotopic (exact) mass is 213 g/mol. The Bertz CT molecular complexity index is 228. The fraction of sp³-hybridized carbons (Fsp3) is 0.400. The molecule has 0 bridgehead atoms. The van der Waals surface area contributed by atoms with Gasteiger partial charge in [-0.05, 0) is 0 Å². The molecule has 0 aromatic heterocycles. The number of benzene rings is 1. The Morgan fingerprint density at radius 1 is 1.27 bits per heavy atom. The summed E-state index contributed by atoms with van der Waals surface area (Å²) in [4.78, 5) is 0. The van der Waals surface area contributed by atoms with Crippen LogP contribution in [0.15, 0.2) is 24.3 Å². The molecule has 0 aliphatic carbocycles. The van der Waals surface area contributed by atoms with Crippen molar-refractivity contribution >= 4 is 16.0 Å². The zero-order valence-corrected chi connectivity index (χ0v) is 8.72. The maximum absolute atomic E-state index is 3.05. The van der Waals surface area contributed by atoms with Gasteiger partial charge in [0.15, 0.2) is 0 Å². The van der Waals surface area contributed by atoms with Crippen LogP contribution in [0.4, 0.5) is 0 Å². The molecule has 1 aromatic carbocycles. The topological polar surface area (TPSA) is 0 Å². The maximum atomic E-state index is 3.05. The van der Waals surface area contributed by atoms with Gasteiger partial charge in [-0.2, -0.15) is 0 Å². The molecule has 0 saturated carbocycles. The van der Waals surface area contributed by atoms with E-state index in [1.807, 2.05) is 0 Å². The second-order valence-electron chi connectivity index (χ2n) is 3.00. The standard InChI is InChI=1S/C10H13Se/c1-8(2)10-6-4-3-5-9(10)7-11/h3-6,8H,7H2,1-2H3. The first-order valence-corrected chi connectivity index (χ1v) is 5.12. The van der Waals surface area contributed by atoms with E-state index >= 15 is 0 Å². The van der Waals surface area contributed by atoms with Gasteiger partial charge >= 0.3 is 76.5 Å². The quantitative estimate of drug-likeness (QED) is 0.660. The zero-order chi connectivity index (χ0) is 8.27. The van der Waals surface area contributed by atoms with E-state index in [1.165, 1.54) is 11.1 Å². The van der Waals surface area contributed by atoms with Gasteiger partial charge in [-0.1, -0.05) is 0 Å². The van der Waals surface area contributed by atoms with E-state index < -0.39 is 0 Å². The van der Waals surface area contributed by atoms with E-state index in [4.69, 9.17) is 0 Å². The predicted molar refractivity (Wildman–Crippen MR) is 50.0 cm³/mol. The van der Waals surface area contributed by atoms with Gasteiger partial charge in [0.25, 0.3) is 0 Å². The Hall–Kier alpha value is -0.261. The minimum atomic E-state index is 0.638. The van der Waals surface area contributed by atoms with Gasteiger partial charge in [-0.25, -0.2) is 0 Å². The van der Waals surface area contributed by atoms with Crippen LogP contribution in [0, 0.1) is 0 Å². The molecule has 1 aromatic rings. The van der Waals surface area contributed by atoms with E-state index in [0.717, 1.165) is 5.32 Å². The summed E-state index contributed by atoms with van der Waals surface area (Å²) in [6.07, 6.45) is 0. The molecule has 0 N–H and O–H groups in total. The summed E-state index contributed by atoms with van der Waals surface area (Å²) in [6.45, 7) is 4.46. The average molecular weight is 212 g/mol. The van der Waals surface area contributed by atoms with Crippen LogP contribution in [0.25, 0.3) is 0 Å². The van der Waals surface area contributed by atoms with Gasteiger partial charge < -0.3 is 0 Å². The molecule has 1 heteroatoms. The number of hydrogen-bond acceptors (Lipinski definition) is 0. The SMILES string of the molecule is CC(C)c1ccccc1C[Se]. The van der Waals surface area contributed by atoms with Crippen molar-refractivity contribution in [1.29, 1.82) is 0 Å². The Morgan fingerprint density at radius 2 is 1.91 bits per heavy atom. The number of hydrogen-bond donors (Lipinski definition) is 0. The second kappa shape index (κ2) is 3.94. The van der Waals surface area contributed by atoms with Crippen LogP contribution in [0.5, 0.6) is 0 Å². The fourth-order valence-corrected chi connectivity index (χ4v) is 1.78. The zero-order valence-electron chi connectivity index (χ0n) is 7.00. The Morgan fingerprint density at radius 3 is 2.36 bits per heavy atom. The molecule has 0 aliphatic rings. The first kappa shape index (κ1) is 8.83. The van der Waals surface area contributed by atoms with Crippen LogP contribution < -0.4 is 0 Å². The van der Waals surface area contributed by atoms with Gasteiger partial charge in [0.05, 0.1) is 0 Å². The van der Waals surface area contributed by atoms with Crippen molar-refractivity contribution in [3.8, 4) is 0 Å². The van der Waals surface area contributed by atoms with Crippen LogP contribution in [0.1, 0.15) is 30.9 Å². The molecular weight excluding hydrogens is 199 g/mol. The first-order valence-electron chi connectivity index (χ1n) is 3.91. The van der Waals surface area contributed by atoms with Crippen molar-refractivity contribution in [3.63, 3.8) is 0 Å². The normalized spacial score (nSPS) is 10.5. The number of rotatable bonds is 2. The van der Waals surface area contributed by atoms with Crippen LogP contribution >= 0.6 is 0 Å². The predicted octanol–water partition coefficient (Wildman–Crippen LogP) is 2.48. The van der Waals surface area contributed by atoms with E-state index in [1.54, 1.807) is 0 Å². The first-order chi connectivity index (χ1) is 5.25. The third kappa shape index (κ3) is 2.08. The summed E-state index contributed by atoms with van der Waals surface area (Å²) in [6, 6.07) is 8.59. The third-order valence-electron chi connectivity index (χ3n) is 1.83. The van der Waals surface area contributed by atoms with Crippen molar-refractivity contribution in [2.24, 2.45) is 0 Å².